The van der Waals surface area contributed by atoms with Gasteiger partial charge in [-0.05, 0) is 50.6 Å². The van der Waals surface area contributed by atoms with Gasteiger partial charge >= 0.3 is 0 Å². The fourth-order valence-electron chi connectivity index (χ4n) is 2.60. The minimum atomic E-state index is 1.01. The number of benzene rings is 1. The number of likely N-dealkylation sites (N-methyl/N-ethyl adjacent to an activating group) is 1. The Kier molecular flexibility index (Phi) is 5.23. The van der Waals surface area contributed by atoms with E-state index in [-0.39, 0.29) is 0 Å². The molecule has 0 spiro atoms. The number of piperazine rings is 1. The van der Waals surface area contributed by atoms with Crippen molar-refractivity contribution in [2.24, 2.45) is 0 Å². The van der Waals surface area contributed by atoms with Gasteiger partial charge in [0.1, 0.15) is 5.75 Å². The quantitative estimate of drug-likeness (QED) is 0.809. The zero-order valence-corrected chi connectivity index (χ0v) is 12.5. The lowest BCUT2D eigenvalue weighted by atomic mass is 10.1. The molecule has 0 unspecified atom stereocenters. The Morgan fingerprint density at radius 2 is 1.89 bits per heavy atom. The van der Waals surface area contributed by atoms with Gasteiger partial charge in [0.25, 0.3) is 0 Å². The summed E-state index contributed by atoms with van der Waals surface area (Å²) in [6.07, 6.45) is 2.37. The monoisotopic (exact) mass is 262 g/mol. The Balaban J connectivity index is 1.76. The first-order chi connectivity index (χ1) is 9.19. The molecule has 3 heteroatoms. The molecule has 0 amide bonds. The normalized spacial score (nSPS) is 17.6. The maximum absolute atomic E-state index is 5.38. The van der Waals surface area contributed by atoms with Gasteiger partial charge in [-0.15, -0.1) is 0 Å². The van der Waals surface area contributed by atoms with Crippen molar-refractivity contribution in [1.29, 1.82) is 0 Å². The predicted molar refractivity (Wildman–Crippen MR) is 80.0 cm³/mol. The molecule has 0 radical (unpaired) electrons. The topological polar surface area (TPSA) is 15.7 Å². The zero-order valence-electron chi connectivity index (χ0n) is 12.5. The average Bonchev–Trinajstić information content (AvgIpc) is 2.43. The Hall–Kier alpha value is -1.06. The number of rotatable bonds is 5. The molecule has 106 valence electrons. The van der Waals surface area contributed by atoms with Crippen LogP contribution in [0.1, 0.15) is 17.5 Å². The largest absolute Gasteiger partial charge is 0.496 e. The number of aryl methyl sites for hydroxylation is 2. The zero-order chi connectivity index (χ0) is 13.7. The molecule has 0 saturated carbocycles. The second kappa shape index (κ2) is 6.92. The minimum absolute atomic E-state index is 1.01. The lowest BCUT2D eigenvalue weighted by Crippen LogP contribution is -2.44. The molecule has 0 aromatic heterocycles. The second-order valence-electron chi connectivity index (χ2n) is 5.55. The standard InChI is InChI=1S/C16H26N2O/c1-14-6-7-15(13-16(14)19-3)5-4-8-18-11-9-17(2)10-12-18/h6-7,13H,4-5,8-12H2,1-3H3. The molecule has 0 atom stereocenters. The van der Waals surface area contributed by atoms with Crippen LogP contribution in [0.25, 0.3) is 0 Å². The van der Waals surface area contributed by atoms with Gasteiger partial charge in [0.05, 0.1) is 7.11 Å². The Morgan fingerprint density at radius 3 is 2.58 bits per heavy atom. The van der Waals surface area contributed by atoms with Crippen molar-refractivity contribution in [3.8, 4) is 5.75 Å². The van der Waals surface area contributed by atoms with E-state index < -0.39 is 0 Å². The van der Waals surface area contributed by atoms with E-state index in [1.165, 1.54) is 50.3 Å². The summed E-state index contributed by atoms with van der Waals surface area (Å²) in [5, 5.41) is 0. The third-order valence-corrected chi connectivity index (χ3v) is 4.01. The average molecular weight is 262 g/mol. The molecule has 1 aromatic rings. The summed E-state index contributed by atoms with van der Waals surface area (Å²) in [6, 6.07) is 6.56. The molecule has 0 aliphatic carbocycles. The summed E-state index contributed by atoms with van der Waals surface area (Å²) in [4.78, 5) is 4.98. The fourth-order valence-corrected chi connectivity index (χ4v) is 2.60. The van der Waals surface area contributed by atoms with Crippen LogP contribution >= 0.6 is 0 Å². The number of hydrogen-bond donors (Lipinski definition) is 0. The molecule has 1 heterocycles. The highest BCUT2D eigenvalue weighted by molar-refractivity contribution is 5.36. The highest BCUT2D eigenvalue weighted by atomic mass is 16.5. The van der Waals surface area contributed by atoms with E-state index in [1.807, 2.05) is 0 Å². The van der Waals surface area contributed by atoms with Crippen LogP contribution in [0.15, 0.2) is 18.2 Å². The third-order valence-electron chi connectivity index (χ3n) is 4.01. The van der Waals surface area contributed by atoms with Crippen LogP contribution in [0.5, 0.6) is 5.75 Å². The van der Waals surface area contributed by atoms with Gasteiger partial charge in [-0.3, -0.25) is 0 Å². The molecule has 19 heavy (non-hydrogen) atoms. The van der Waals surface area contributed by atoms with E-state index in [1.54, 1.807) is 7.11 Å². The van der Waals surface area contributed by atoms with E-state index in [4.69, 9.17) is 4.74 Å². The molecule has 1 aliphatic rings. The molecular formula is C16H26N2O. The Morgan fingerprint density at radius 1 is 1.16 bits per heavy atom. The first-order valence-corrected chi connectivity index (χ1v) is 7.23. The van der Waals surface area contributed by atoms with E-state index >= 15 is 0 Å². The van der Waals surface area contributed by atoms with Crippen molar-refractivity contribution in [3.05, 3.63) is 29.3 Å². The van der Waals surface area contributed by atoms with Crippen molar-refractivity contribution < 1.29 is 4.74 Å². The van der Waals surface area contributed by atoms with Crippen LogP contribution in [0.3, 0.4) is 0 Å². The molecule has 0 N–H and O–H groups in total. The molecule has 2 rings (SSSR count). The van der Waals surface area contributed by atoms with Gasteiger partial charge in [-0.25, -0.2) is 0 Å². The van der Waals surface area contributed by atoms with Gasteiger partial charge < -0.3 is 14.5 Å². The lowest BCUT2D eigenvalue weighted by molar-refractivity contribution is 0.153. The molecule has 0 bridgehead atoms. The summed E-state index contributed by atoms with van der Waals surface area (Å²) in [5.74, 6) is 1.01. The van der Waals surface area contributed by atoms with Crippen molar-refractivity contribution in [2.45, 2.75) is 19.8 Å². The maximum Gasteiger partial charge on any atom is 0.122 e. The van der Waals surface area contributed by atoms with Crippen LogP contribution < -0.4 is 4.74 Å². The van der Waals surface area contributed by atoms with Gasteiger partial charge in [0.15, 0.2) is 0 Å². The Labute approximate surface area is 117 Å². The van der Waals surface area contributed by atoms with Crippen molar-refractivity contribution in [2.75, 3.05) is 46.9 Å². The Bertz CT molecular complexity index is 398. The first-order valence-electron chi connectivity index (χ1n) is 7.23. The highest BCUT2D eigenvalue weighted by Crippen LogP contribution is 2.19. The molecular weight excluding hydrogens is 236 g/mol. The van der Waals surface area contributed by atoms with Gasteiger partial charge in [-0.1, -0.05) is 12.1 Å². The van der Waals surface area contributed by atoms with Crippen LogP contribution in [0.2, 0.25) is 0 Å². The molecule has 1 aliphatic heterocycles. The van der Waals surface area contributed by atoms with E-state index in [0.29, 0.717) is 0 Å². The molecule has 1 fully saturated rings. The van der Waals surface area contributed by atoms with E-state index in [0.717, 1.165) is 12.2 Å². The summed E-state index contributed by atoms with van der Waals surface area (Å²) in [7, 11) is 3.95. The smallest absolute Gasteiger partial charge is 0.122 e. The lowest BCUT2D eigenvalue weighted by Gasteiger charge is -2.32. The summed E-state index contributed by atoms with van der Waals surface area (Å²) < 4.78 is 5.38. The maximum atomic E-state index is 5.38. The predicted octanol–water partition coefficient (Wildman–Crippen LogP) is 2.18. The van der Waals surface area contributed by atoms with Crippen LogP contribution in [0, 0.1) is 6.92 Å². The van der Waals surface area contributed by atoms with Gasteiger partial charge in [-0.2, -0.15) is 0 Å². The number of nitrogens with zero attached hydrogens (tertiary/aromatic N) is 2. The van der Waals surface area contributed by atoms with Crippen molar-refractivity contribution >= 4 is 0 Å². The molecule has 3 nitrogen and oxygen atoms in total. The SMILES string of the molecule is COc1cc(CCCN2CCN(C)CC2)ccc1C. The van der Waals surface area contributed by atoms with Crippen molar-refractivity contribution in [1.82, 2.24) is 9.80 Å². The molecule has 1 saturated heterocycles. The van der Waals surface area contributed by atoms with E-state index in [2.05, 4.69) is 42.0 Å². The summed E-state index contributed by atoms with van der Waals surface area (Å²) >= 11 is 0. The fraction of sp³-hybridized carbons (Fsp3) is 0.625. The van der Waals surface area contributed by atoms with Crippen molar-refractivity contribution in [3.63, 3.8) is 0 Å². The minimum Gasteiger partial charge on any atom is -0.496 e. The highest BCUT2D eigenvalue weighted by Gasteiger charge is 2.12. The summed E-state index contributed by atoms with van der Waals surface area (Å²) in [5.41, 5.74) is 2.60. The van der Waals surface area contributed by atoms with Gasteiger partial charge in [0.2, 0.25) is 0 Å². The summed E-state index contributed by atoms with van der Waals surface area (Å²) in [6.45, 7) is 8.15. The number of methoxy groups -OCH3 is 1. The third kappa shape index (κ3) is 4.22. The van der Waals surface area contributed by atoms with Crippen LogP contribution in [0.4, 0.5) is 0 Å². The van der Waals surface area contributed by atoms with Gasteiger partial charge in [0, 0.05) is 26.2 Å². The first kappa shape index (κ1) is 14.4. The number of ether oxygens (including phenoxy) is 1. The van der Waals surface area contributed by atoms with Crippen LogP contribution in [-0.2, 0) is 6.42 Å². The molecule has 1 aromatic carbocycles. The van der Waals surface area contributed by atoms with E-state index in [9.17, 15) is 0 Å². The van der Waals surface area contributed by atoms with Crippen LogP contribution in [-0.4, -0.2) is 56.7 Å². The number of hydrogen-bond acceptors (Lipinski definition) is 3. The second-order valence-corrected chi connectivity index (χ2v) is 5.55.